The summed E-state index contributed by atoms with van der Waals surface area (Å²) >= 11 is 3.77. The van der Waals surface area contributed by atoms with Crippen LogP contribution in [-0.4, -0.2) is 89.2 Å². The Hall–Kier alpha value is -4.62. The van der Waals surface area contributed by atoms with Gasteiger partial charge in [0.05, 0.1) is 43.2 Å². The highest BCUT2D eigenvalue weighted by Crippen LogP contribution is 2.62. The van der Waals surface area contributed by atoms with Crippen LogP contribution in [0.15, 0.2) is 104 Å². The van der Waals surface area contributed by atoms with Crippen molar-refractivity contribution in [2.75, 3.05) is 31.8 Å². The lowest BCUT2D eigenvalue weighted by atomic mass is 9.70. The molecule has 12 heteroatoms. The van der Waals surface area contributed by atoms with Crippen LogP contribution in [0, 0.1) is 25.7 Å². The number of alkyl halides is 1. The maximum absolute atomic E-state index is 15.4. The fourth-order valence-electron chi connectivity index (χ4n) is 8.91. The number of methoxy groups -OCH3 is 1. The molecule has 9 atom stereocenters. The summed E-state index contributed by atoms with van der Waals surface area (Å²) in [6, 6.07) is 20.9. The van der Waals surface area contributed by atoms with Crippen molar-refractivity contribution in [3.05, 3.63) is 126 Å². The molecule has 0 aliphatic carbocycles. The molecule has 2 bridgehead atoms. The zero-order valence-corrected chi connectivity index (χ0v) is 33.6. The summed E-state index contributed by atoms with van der Waals surface area (Å²) in [6.07, 6.45) is 2.38. The Morgan fingerprint density at radius 1 is 1.02 bits per heavy atom. The van der Waals surface area contributed by atoms with Crippen LogP contribution >= 0.6 is 15.9 Å². The Balaban J connectivity index is 1.44. The van der Waals surface area contributed by atoms with Crippen molar-refractivity contribution >= 4 is 45.3 Å². The minimum absolute atomic E-state index is 0.0295. The standard InChI is InChI=1S/C44H50BrN3O8/c1-6-8-22-34(50)46-32(26-54-5)38(30-20-13-10-14-21-30)55-43(53)35-36-41(51)48(33(25-49)29-18-11-9-12-19-29)40(44(36)24-31(45)39(35)56-44)42(52)47(23-7-2)37-27(3)16-15-17-28(37)4/h6-7,9-21,31-33,35-36,38-40,49H,1-2,8,22-26H2,3-5H3,(H,46,50)/t31?,32-,33-,35+,36-,38-,39+,40+,44-/m1/s1. The first kappa shape index (κ1) is 41.0. The molecule has 56 heavy (non-hydrogen) atoms. The van der Waals surface area contributed by atoms with Gasteiger partial charge in [-0.25, -0.2) is 0 Å². The molecule has 3 saturated heterocycles. The quantitative estimate of drug-likeness (QED) is 0.101. The maximum atomic E-state index is 15.4. The van der Waals surface area contributed by atoms with Gasteiger partial charge >= 0.3 is 5.97 Å². The average molecular weight is 829 g/mol. The number of amides is 3. The van der Waals surface area contributed by atoms with Crippen LogP contribution in [0.25, 0.3) is 0 Å². The minimum Gasteiger partial charge on any atom is -0.455 e. The van der Waals surface area contributed by atoms with E-state index in [0.717, 1.165) is 11.1 Å². The number of likely N-dealkylation sites (tertiary alicyclic amines) is 1. The van der Waals surface area contributed by atoms with E-state index < -0.39 is 77.0 Å². The number of aliphatic hydroxyl groups excluding tert-OH is 1. The zero-order chi connectivity index (χ0) is 40.1. The van der Waals surface area contributed by atoms with Crippen LogP contribution in [0.1, 0.15) is 53.7 Å². The smallest absolute Gasteiger partial charge is 0.313 e. The highest BCUT2D eigenvalue weighted by Gasteiger charge is 2.78. The van der Waals surface area contributed by atoms with Crippen LogP contribution in [-0.2, 0) is 33.4 Å². The molecule has 2 N–H and O–H groups in total. The van der Waals surface area contributed by atoms with Crippen molar-refractivity contribution in [3.8, 4) is 0 Å². The summed E-state index contributed by atoms with van der Waals surface area (Å²) in [4.78, 5) is 61.1. The van der Waals surface area contributed by atoms with Crippen LogP contribution in [0.2, 0.25) is 0 Å². The number of rotatable bonds is 17. The molecular weight excluding hydrogens is 778 g/mol. The molecule has 11 nitrogen and oxygen atoms in total. The number of fused-ring (bicyclic) bond motifs is 1. The molecule has 1 spiro atoms. The lowest BCUT2D eigenvalue weighted by molar-refractivity contribution is -0.163. The van der Waals surface area contributed by atoms with Crippen molar-refractivity contribution in [2.24, 2.45) is 11.8 Å². The molecular formula is C44H50BrN3O8. The molecule has 3 fully saturated rings. The van der Waals surface area contributed by atoms with Gasteiger partial charge in [0, 0.05) is 30.6 Å². The predicted octanol–water partition coefficient (Wildman–Crippen LogP) is 5.69. The topological polar surface area (TPSA) is 135 Å². The van der Waals surface area contributed by atoms with Gasteiger partial charge in [0.1, 0.15) is 17.7 Å². The first-order chi connectivity index (χ1) is 27.0. The van der Waals surface area contributed by atoms with E-state index >= 15 is 9.59 Å². The lowest BCUT2D eigenvalue weighted by Crippen LogP contribution is -2.58. The SMILES string of the molecule is C=CCCC(=O)N[C@H](COC)[C@H](OC(=O)[C@@H]1[C@H]2O[C@@]3(CC2Br)[C@H](C(=O)N(CC=C)c2c(C)cccc2C)N([C@H](CO)c2ccccc2)C(=O)[C@@H]13)c1ccccc1. The van der Waals surface area contributed by atoms with E-state index in [1.807, 2.05) is 68.4 Å². The first-order valence-electron chi connectivity index (χ1n) is 19.0. The van der Waals surface area contributed by atoms with Crippen LogP contribution in [0.4, 0.5) is 5.69 Å². The Morgan fingerprint density at radius 2 is 1.66 bits per heavy atom. The van der Waals surface area contributed by atoms with E-state index in [2.05, 4.69) is 34.4 Å². The molecule has 3 aliphatic rings. The van der Waals surface area contributed by atoms with Gasteiger partial charge in [0.15, 0.2) is 0 Å². The average Bonchev–Trinajstić information content (AvgIpc) is 3.79. The normalized spacial score (nSPS) is 25.2. The number of carbonyl (C=O) groups is 4. The Bertz CT molecular complexity index is 1910. The van der Waals surface area contributed by atoms with E-state index in [-0.39, 0.29) is 31.9 Å². The number of nitrogens with one attached hydrogen (secondary N) is 1. The molecule has 0 aromatic heterocycles. The number of aryl methyl sites for hydroxylation is 2. The second-order valence-corrected chi connectivity index (χ2v) is 15.9. The van der Waals surface area contributed by atoms with Crippen molar-refractivity contribution in [2.45, 2.75) is 73.9 Å². The Morgan fingerprint density at radius 3 is 2.25 bits per heavy atom. The first-order valence-corrected chi connectivity index (χ1v) is 19.9. The molecule has 0 radical (unpaired) electrons. The largest absolute Gasteiger partial charge is 0.455 e. The molecule has 3 heterocycles. The van der Waals surface area contributed by atoms with Crippen molar-refractivity contribution in [1.82, 2.24) is 10.2 Å². The molecule has 0 saturated carbocycles. The van der Waals surface area contributed by atoms with Crippen LogP contribution in [0.3, 0.4) is 0 Å². The van der Waals surface area contributed by atoms with E-state index in [0.29, 0.717) is 23.2 Å². The van der Waals surface area contributed by atoms with E-state index in [4.69, 9.17) is 14.2 Å². The number of esters is 1. The van der Waals surface area contributed by atoms with Gasteiger partial charge in [0.25, 0.3) is 5.91 Å². The third-order valence-electron chi connectivity index (χ3n) is 11.2. The minimum atomic E-state index is -1.46. The molecule has 3 aromatic carbocycles. The molecule has 1 unspecified atom stereocenters. The third kappa shape index (κ3) is 7.59. The summed E-state index contributed by atoms with van der Waals surface area (Å²) in [6.45, 7) is 11.2. The summed E-state index contributed by atoms with van der Waals surface area (Å²) in [5.74, 6) is -4.12. The number of hydrogen-bond acceptors (Lipinski definition) is 8. The Kier molecular flexibility index (Phi) is 12.9. The monoisotopic (exact) mass is 827 g/mol. The van der Waals surface area contributed by atoms with Crippen molar-refractivity contribution in [3.63, 3.8) is 0 Å². The number of hydrogen-bond donors (Lipinski definition) is 2. The number of nitrogens with zero attached hydrogens (tertiary/aromatic N) is 2. The summed E-state index contributed by atoms with van der Waals surface area (Å²) in [5.41, 5.74) is 2.19. The van der Waals surface area contributed by atoms with Gasteiger partial charge in [-0.3, -0.25) is 19.2 Å². The van der Waals surface area contributed by atoms with Crippen molar-refractivity contribution < 1.29 is 38.5 Å². The Labute approximate surface area is 336 Å². The highest BCUT2D eigenvalue weighted by atomic mass is 79.9. The van der Waals surface area contributed by atoms with E-state index in [1.54, 1.807) is 41.3 Å². The number of benzene rings is 3. The lowest BCUT2D eigenvalue weighted by Gasteiger charge is -2.40. The van der Waals surface area contributed by atoms with Crippen LogP contribution < -0.4 is 10.2 Å². The van der Waals surface area contributed by atoms with Gasteiger partial charge in [-0.2, -0.15) is 0 Å². The summed E-state index contributed by atoms with van der Waals surface area (Å²) in [7, 11) is 1.50. The fraction of sp³-hybridized carbons (Fsp3) is 0.409. The molecule has 3 amide bonds. The molecule has 3 aromatic rings. The number of carbonyl (C=O) groups excluding carboxylic acids is 4. The van der Waals surface area contributed by atoms with Gasteiger partial charge in [-0.15, -0.1) is 13.2 Å². The number of para-hydroxylation sites is 1. The van der Waals surface area contributed by atoms with Gasteiger partial charge in [-0.05, 0) is 48.9 Å². The summed E-state index contributed by atoms with van der Waals surface area (Å²) in [5, 5.41) is 14.0. The second kappa shape index (κ2) is 17.7. The molecule has 296 valence electrons. The second-order valence-electron chi connectivity index (χ2n) is 14.7. The van der Waals surface area contributed by atoms with E-state index in [9.17, 15) is 14.7 Å². The van der Waals surface area contributed by atoms with Gasteiger partial charge in [-0.1, -0.05) is 107 Å². The zero-order valence-electron chi connectivity index (χ0n) is 32.0. The maximum Gasteiger partial charge on any atom is 0.313 e. The third-order valence-corrected chi connectivity index (χ3v) is 12.1. The van der Waals surface area contributed by atoms with Crippen LogP contribution in [0.5, 0.6) is 0 Å². The van der Waals surface area contributed by atoms with Crippen molar-refractivity contribution in [1.29, 1.82) is 0 Å². The fourth-order valence-corrected chi connectivity index (χ4v) is 9.85. The number of allylic oxidation sites excluding steroid dienone is 1. The number of halogens is 1. The van der Waals surface area contributed by atoms with E-state index in [1.165, 1.54) is 12.0 Å². The van der Waals surface area contributed by atoms with Gasteiger partial charge in [0.2, 0.25) is 11.8 Å². The number of anilines is 1. The number of ether oxygens (including phenoxy) is 3. The summed E-state index contributed by atoms with van der Waals surface area (Å²) < 4.78 is 18.8. The van der Waals surface area contributed by atoms with Gasteiger partial charge < -0.3 is 34.4 Å². The predicted molar refractivity (Wildman–Crippen MR) is 216 cm³/mol. The highest BCUT2D eigenvalue weighted by molar-refractivity contribution is 9.09. The molecule has 3 aliphatic heterocycles. The molecule has 6 rings (SSSR count). The number of aliphatic hydroxyl groups is 1.